The number of fused-ring (bicyclic) bond motifs is 9. The molecule has 12 atom stereocenters. The Labute approximate surface area is 597 Å². The van der Waals surface area contributed by atoms with E-state index in [9.17, 15) is 32.2 Å². The van der Waals surface area contributed by atoms with Gasteiger partial charge in [0.15, 0.2) is 34.5 Å². The third-order valence-electron chi connectivity index (χ3n) is 14.3. The Morgan fingerprint density at radius 1 is 0.478 bits per heavy atom. The molecule has 504 valence electrons. The first-order chi connectivity index (χ1) is 58.5. The number of rotatable bonds is 21. The Morgan fingerprint density at radius 3 is 1.17 bits per heavy atom. The summed E-state index contributed by atoms with van der Waals surface area (Å²) >= 11 is 0. The minimum absolute atomic E-state index is 0.200. The largest absolute Gasteiger partial charge is 0.493 e. The SMILES string of the molecule is [2H]c1c(OC([2H])([2H])[2H])c(OC)c([2H])c2c1C([2H])([2H])C([2H])([2H])N1C([2H])([2H])C([2H])(CC(C)C)C([2H])(OC(=O)[C@@H](N)C(C)C)C([2H])([2H])C21[2H].[2H]c1c(OC)c(OC([2H])([2H])[2H])c([2H])c2c1C1N(C([2H])([2H])C2([2H])[2H])C([2H])([2H])C([2H])(CC(C)C)C(OC(=O)[C@@H](N)C(C)C)C1([2H])[2H].[2H]c1c(OC)c(OC)c([2H])c2c1C1N(C([2H])([2H])C2([2H])[2H])C([2H])([2H])C([2H])(CC(C)C)C(OC(=O)[C@@H](N)C(C)C)C1([2H])[2H]. The van der Waals surface area contributed by atoms with Gasteiger partial charge < -0.3 is 59.8 Å². The van der Waals surface area contributed by atoms with E-state index in [0.717, 1.165) is 28.4 Å². The highest BCUT2D eigenvalue weighted by Gasteiger charge is 2.45. The van der Waals surface area contributed by atoms with Crippen molar-refractivity contribution >= 4 is 17.9 Å². The molecule has 9 unspecified atom stereocenters. The molecule has 3 saturated heterocycles. The number of esters is 3. The predicted octanol–water partition coefficient (Wildman–Crippen LogP) is 10.7. The summed E-state index contributed by atoms with van der Waals surface area (Å²) in [6.45, 7) is -2.13. The van der Waals surface area contributed by atoms with E-state index < -0.39 is 329 Å². The van der Waals surface area contributed by atoms with Crippen molar-refractivity contribution in [2.24, 2.45) is 70.4 Å². The van der Waals surface area contributed by atoms with Crippen LogP contribution in [-0.2, 0) is 47.7 Å². The quantitative estimate of drug-likeness (QED) is 0.0666. The zero-order chi connectivity index (χ0) is 102. The van der Waals surface area contributed by atoms with Crippen molar-refractivity contribution < 1.29 is 113 Å². The molecule has 18 nitrogen and oxygen atoms in total. The second kappa shape index (κ2) is 32.5. The van der Waals surface area contributed by atoms with Gasteiger partial charge in [-0.1, -0.05) is 83.1 Å². The van der Waals surface area contributed by atoms with Gasteiger partial charge in [0, 0.05) is 131 Å². The number of piperidine rings is 3. The van der Waals surface area contributed by atoms with Crippen molar-refractivity contribution in [1.29, 1.82) is 0 Å². The summed E-state index contributed by atoms with van der Waals surface area (Å²) in [7, 11) is -2.35. The Kier molecular flexibility index (Phi) is 12.3. The predicted molar refractivity (Wildman–Crippen MR) is 353 cm³/mol. The molecule has 0 radical (unpaired) electrons. The van der Waals surface area contributed by atoms with E-state index in [1.165, 1.54) is 27.7 Å². The second-order valence-corrected chi connectivity index (χ2v) is 23.8. The van der Waals surface area contributed by atoms with Gasteiger partial charge in [-0.25, -0.2) is 0 Å². The molecule has 18 heteroatoms. The van der Waals surface area contributed by atoms with E-state index in [-0.39, 0.29) is 21.3 Å². The molecule has 0 amide bonds. The maximum absolute atomic E-state index is 13.3. The summed E-state index contributed by atoms with van der Waals surface area (Å²) in [5.41, 5.74) is 12.3. The molecule has 0 aliphatic carbocycles. The molecule has 90 heavy (non-hydrogen) atoms. The molecule has 6 N–H and O–H groups in total. The summed E-state index contributed by atoms with van der Waals surface area (Å²) < 4.78 is 409. The third-order valence-corrected chi connectivity index (χ3v) is 14.3. The van der Waals surface area contributed by atoms with Crippen LogP contribution in [-0.4, -0.2) is 151 Å². The van der Waals surface area contributed by atoms with Gasteiger partial charge in [0.05, 0.1) is 61.7 Å². The first kappa shape index (κ1) is 34.2. The topological polar surface area (TPSA) is 222 Å². The van der Waals surface area contributed by atoms with Crippen LogP contribution in [0.2, 0.25) is 0 Å². The lowest BCUT2D eigenvalue weighted by atomic mass is 9.79. The van der Waals surface area contributed by atoms with Gasteiger partial charge in [0.2, 0.25) is 0 Å². The molecule has 0 aromatic heterocycles. The molecule has 9 rings (SSSR count). The Hall–Kier alpha value is -5.37. The van der Waals surface area contributed by atoms with Gasteiger partial charge in [-0.3, -0.25) is 29.1 Å². The van der Waals surface area contributed by atoms with Crippen LogP contribution in [0, 0.1) is 53.2 Å². The second-order valence-electron chi connectivity index (χ2n) is 23.8. The molecule has 6 aliphatic rings. The lowest BCUT2D eigenvalue weighted by molar-refractivity contribution is -0.161. The molecule has 6 aliphatic heterocycles. The summed E-state index contributed by atoms with van der Waals surface area (Å²) in [5.74, 6) is -20.1. The minimum Gasteiger partial charge on any atom is -0.493 e. The normalized spacial score (nSPS) is 42.7. The minimum atomic E-state index is -3.92. The maximum atomic E-state index is 13.3. The number of hydrogen-bond donors (Lipinski definition) is 3. The van der Waals surface area contributed by atoms with Crippen molar-refractivity contribution in [2.75, 3.05) is 81.5 Å². The number of benzene rings is 3. The number of carbonyl (C=O) groups is 3. The summed E-state index contributed by atoms with van der Waals surface area (Å²) in [5, 5.41) is 0. The van der Waals surface area contributed by atoms with Gasteiger partial charge in [0.1, 0.15) is 36.4 Å². The number of hydrogen-bond acceptors (Lipinski definition) is 18. The zero-order valence-corrected chi connectivity index (χ0v) is 53.6. The molecular formula is C72H114N6O12. The third kappa shape index (κ3) is 17.5. The number of nitrogens with two attached hydrogens (primary N) is 3. The fourth-order valence-corrected chi connectivity index (χ4v) is 9.31. The Morgan fingerprint density at radius 2 is 0.800 bits per heavy atom. The summed E-state index contributed by atoms with van der Waals surface area (Å²) in [6, 6.07) is -18.0. The zero-order valence-electron chi connectivity index (χ0n) is 94.6. The van der Waals surface area contributed by atoms with Crippen LogP contribution in [0.3, 0.4) is 0 Å². The first-order valence-electron chi connectivity index (χ1n) is 49.9. The summed E-state index contributed by atoms with van der Waals surface area (Å²) in [4.78, 5) is 39.8. The van der Waals surface area contributed by atoms with Gasteiger partial charge >= 0.3 is 17.9 Å². The van der Waals surface area contributed by atoms with Crippen molar-refractivity contribution in [3.05, 3.63) is 69.6 Å². The Bertz CT molecular complexity index is 4850. The fourth-order valence-electron chi connectivity index (χ4n) is 9.31. The molecule has 6 heterocycles. The number of ether oxygens (including phenoxy) is 9. The summed E-state index contributed by atoms with van der Waals surface area (Å²) in [6.07, 6.45) is -30.2. The molecule has 0 spiro atoms. The average Bonchev–Trinajstić information content (AvgIpc) is 0.635. The molecule has 0 saturated carbocycles. The Balaban J connectivity index is 0.000000269. The van der Waals surface area contributed by atoms with Crippen LogP contribution in [0.15, 0.2) is 36.3 Å². The van der Waals surface area contributed by atoms with Crippen LogP contribution in [0.1, 0.15) is 229 Å². The van der Waals surface area contributed by atoms with E-state index in [1.54, 1.807) is 55.4 Å². The van der Waals surface area contributed by atoms with Crippen LogP contribution in [0.4, 0.5) is 0 Å². The van der Waals surface area contributed by atoms with Crippen LogP contribution in [0.5, 0.6) is 34.5 Å². The van der Waals surface area contributed by atoms with E-state index in [0.29, 0.717) is 4.90 Å². The maximum Gasteiger partial charge on any atom is 0.323 e. The molecule has 3 fully saturated rings. The highest BCUT2D eigenvalue weighted by Crippen LogP contribution is 2.48. The smallest absolute Gasteiger partial charge is 0.323 e. The van der Waals surface area contributed by atoms with Crippen molar-refractivity contribution in [2.45, 2.75) is 195 Å². The molecule has 0 bridgehead atoms. The van der Waals surface area contributed by atoms with E-state index in [2.05, 4.69) is 0 Å². The molecule has 3 aromatic rings. The monoisotopic (exact) mass is 1300 g/mol. The van der Waals surface area contributed by atoms with E-state index in [1.807, 2.05) is 0 Å². The average molecular weight is 1300 g/mol. The van der Waals surface area contributed by atoms with E-state index in [4.69, 9.17) is 98.2 Å². The lowest BCUT2D eigenvalue weighted by Crippen LogP contribution is -2.51. The van der Waals surface area contributed by atoms with Gasteiger partial charge in [0.25, 0.3) is 0 Å². The standard InChI is InChI=1S/3C24H38N2O4/c3*1-14(2)9-17-13-26-8-7-16-10-21(28-5)22(29-6)11-18(16)19(26)12-20(17)30-24(27)23(25)15(3)4/h3*10-11,14-15,17,19-20,23H,7-9,12-13,25H2,1-6H3/t3*17?,19?,20?,23-/m000/s1/i5D3,7D2,8D2,10D,11D,12D2,13D2,17D,19D,20D;5D3,7D2,8D2,10D,11D,12D2,13D2,17D;7D2,8D2,10D,11D,12D2,13D2,17D. The van der Waals surface area contributed by atoms with Crippen LogP contribution < -0.4 is 45.6 Å². The van der Waals surface area contributed by atoms with Crippen molar-refractivity contribution in [3.8, 4) is 34.5 Å². The number of methoxy groups -OCH3 is 6. The van der Waals surface area contributed by atoms with Crippen molar-refractivity contribution in [1.82, 2.24) is 14.7 Å². The number of nitrogens with zero attached hydrogens (tertiary/aromatic N) is 3. The number of carbonyl (C=O) groups excluding carboxylic acids is 3. The highest BCUT2D eigenvalue weighted by molar-refractivity contribution is 5.77. The van der Waals surface area contributed by atoms with Crippen LogP contribution >= 0.6 is 0 Å². The van der Waals surface area contributed by atoms with Gasteiger partial charge in [-0.05, 0) is 144 Å². The molecular weight excluding hydrogens is 1140 g/mol. The van der Waals surface area contributed by atoms with Gasteiger partial charge in [-0.15, -0.1) is 0 Å². The van der Waals surface area contributed by atoms with Crippen LogP contribution in [0.25, 0.3) is 0 Å². The lowest BCUT2D eigenvalue weighted by Gasteiger charge is -2.47. The fraction of sp³-hybridized carbons (Fsp3) is 0.708. The first-order valence-corrected chi connectivity index (χ1v) is 29.4. The van der Waals surface area contributed by atoms with E-state index >= 15 is 0 Å². The van der Waals surface area contributed by atoms with Gasteiger partial charge in [-0.2, -0.15) is 0 Å². The molecule has 3 aromatic carbocycles. The highest BCUT2D eigenvalue weighted by atomic mass is 16.6. The van der Waals surface area contributed by atoms with Crippen molar-refractivity contribution in [3.63, 3.8) is 0 Å².